The first-order valence-corrected chi connectivity index (χ1v) is 7.36. The standard InChI is InChI=1S/C16H23N3/c1-4-19-14-8-7-12(2)11-13(14)18-15(19)16(3)9-5-6-10-17-16/h7-8,11,17H,4-6,9-10H2,1-3H3. The molecule has 1 saturated heterocycles. The minimum absolute atomic E-state index is 0.0290. The van der Waals surface area contributed by atoms with Crippen molar-refractivity contribution >= 4 is 11.0 Å². The third-order valence-electron chi connectivity index (χ3n) is 4.33. The molecule has 1 N–H and O–H groups in total. The Hall–Kier alpha value is -1.35. The number of rotatable bonds is 2. The van der Waals surface area contributed by atoms with E-state index in [1.165, 1.54) is 36.2 Å². The highest BCUT2D eigenvalue weighted by molar-refractivity contribution is 5.77. The van der Waals surface area contributed by atoms with Gasteiger partial charge in [0.15, 0.2) is 0 Å². The molecule has 1 aromatic heterocycles. The molecular formula is C16H23N3. The van der Waals surface area contributed by atoms with Crippen LogP contribution in [-0.2, 0) is 12.1 Å². The Bertz CT molecular complexity index is 591. The predicted molar refractivity (Wildman–Crippen MR) is 79.3 cm³/mol. The van der Waals surface area contributed by atoms with Crippen LogP contribution < -0.4 is 5.32 Å². The van der Waals surface area contributed by atoms with Crippen molar-refractivity contribution < 1.29 is 0 Å². The van der Waals surface area contributed by atoms with Crippen molar-refractivity contribution in [3.8, 4) is 0 Å². The Kier molecular flexibility index (Phi) is 3.09. The highest BCUT2D eigenvalue weighted by Crippen LogP contribution is 2.31. The zero-order valence-electron chi connectivity index (χ0n) is 12.2. The van der Waals surface area contributed by atoms with Gasteiger partial charge in [0.25, 0.3) is 0 Å². The summed E-state index contributed by atoms with van der Waals surface area (Å²) in [6, 6.07) is 6.57. The summed E-state index contributed by atoms with van der Waals surface area (Å²) in [5.74, 6) is 1.20. The number of fused-ring (bicyclic) bond motifs is 1. The molecule has 0 amide bonds. The molecule has 19 heavy (non-hydrogen) atoms. The molecule has 3 rings (SSSR count). The number of aromatic nitrogens is 2. The lowest BCUT2D eigenvalue weighted by Gasteiger charge is -2.34. The zero-order chi connectivity index (χ0) is 13.5. The minimum Gasteiger partial charge on any atom is -0.327 e. The van der Waals surface area contributed by atoms with Gasteiger partial charge in [-0.3, -0.25) is 0 Å². The van der Waals surface area contributed by atoms with E-state index in [0.717, 1.165) is 18.6 Å². The summed E-state index contributed by atoms with van der Waals surface area (Å²) in [5, 5.41) is 3.68. The predicted octanol–water partition coefficient (Wildman–Crippen LogP) is 3.35. The highest BCUT2D eigenvalue weighted by atomic mass is 15.1. The molecule has 2 heterocycles. The van der Waals surface area contributed by atoms with Crippen LogP contribution in [0.25, 0.3) is 11.0 Å². The molecule has 1 aliphatic heterocycles. The van der Waals surface area contributed by atoms with Gasteiger partial charge in [-0.25, -0.2) is 4.98 Å². The van der Waals surface area contributed by atoms with Gasteiger partial charge in [0, 0.05) is 6.54 Å². The Morgan fingerprint density at radius 3 is 2.89 bits per heavy atom. The van der Waals surface area contributed by atoms with Crippen LogP contribution in [0.3, 0.4) is 0 Å². The lowest BCUT2D eigenvalue weighted by Crippen LogP contribution is -2.45. The van der Waals surface area contributed by atoms with Crippen molar-refractivity contribution in [2.75, 3.05) is 6.54 Å². The summed E-state index contributed by atoms with van der Waals surface area (Å²) in [7, 11) is 0. The highest BCUT2D eigenvalue weighted by Gasteiger charge is 2.33. The monoisotopic (exact) mass is 257 g/mol. The van der Waals surface area contributed by atoms with Gasteiger partial charge in [0.2, 0.25) is 0 Å². The number of aryl methyl sites for hydroxylation is 2. The van der Waals surface area contributed by atoms with E-state index in [4.69, 9.17) is 4.98 Å². The van der Waals surface area contributed by atoms with Crippen molar-refractivity contribution in [1.82, 2.24) is 14.9 Å². The van der Waals surface area contributed by atoms with Gasteiger partial charge in [-0.05, 0) is 64.3 Å². The molecule has 1 unspecified atom stereocenters. The normalized spacial score (nSPS) is 23.9. The van der Waals surface area contributed by atoms with E-state index in [1.807, 2.05) is 0 Å². The second-order valence-corrected chi connectivity index (χ2v) is 5.89. The maximum absolute atomic E-state index is 4.94. The van der Waals surface area contributed by atoms with Crippen molar-refractivity contribution in [2.45, 2.75) is 52.1 Å². The van der Waals surface area contributed by atoms with Gasteiger partial charge in [-0.15, -0.1) is 0 Å². The molecule has 3 heteroatoms. The van der Waals surface area contributed by atoms with Crippen LogP contribution in [0.5, 0.6) is 0 Å². The fraction of sp³-hybridized carbons (Fsp3) is 0.562. The van der Waals surface area contributed by atoms with Gasteiger partial charge < -0.3 is 9.88 Å². The summed E-state index contributed by atoms with van der Waals surface area (Å²) >= 11 is 0. The van der Waals surface area contributed by atoms with Crippen molar-refractivity contribution in [2.24, 2.45) is 0 Å². The number of piperidine rings is 1. The van der Waals surface area contributed by atoms with E-state index in [2.05, 4.69) is 48.9 Å². The van der Waals surface area contributed by atoms with Crippen LogP contribution in [0.1, 0.15) is 44.5 Å². The van der Waals surface area contributed by atoms with Gasteiger partial charge in [-0.2, -0.15) is 0 Å². The first-order chi connectivity index (χ1) is 9.14. The largest absolute Gasteiger partial charge is 0.327 e. The third-order valence-corrected chi connectivity index (χ3v) is 4.33. The Balaban J connectivity index is 2.17. The average molecular weight is 257 g/mol. The Labute approximate surface area is 115 Å². The van der Waals surface area contributed by atoms with Crippen molar-refractivity contribution in [3.63, 3.8) is 0 Å². The van der Waals surface area contributed by atoms with Crippen LogP contribution in [0, 0.1) is 6.92 Å². The van der Waals surface area contributed by atoms with Crippen LogP contribution in [0.15, 0.2) is 18.2 Å². The van der Waals surface area contributed by atoms with E-state index >= 15 is 0 Å². The molecule has 0 aliphatic carbocycles. The smallest absolute Gasteiger partial charge is 0.129 e. The van der Waals surface area contributed by atoms with Gasteiger partial charge >= 0.3 is 0 Å². The van der Waals surface area contributed by atoms with E-state index in [1.54, 1.807) is 0 Å². The van der Waals surface area contributed by atoms with E-state index in [9.17, 15) is 0 Å². The van der Waals surface area contributed by atoms with E-state index in [0.29, 0.717) is 0 Å². The molecule has 0 saturated carbocycles. The SMILES string of the molecule is CCn1c(C2(C)CCCCN2)nc2cc(C)ccc21. The number of benzene rings is 1. The molecule has 0 radical (unpaired) electrons. The van der Waals surface area contributed by atoms with Crippen LogP contribution >= 0.6 is 0 Å². The first-order valence-electron chi connectivity index (χ1n) is 7.36. The fourth-order valence-electron chi connectivity index (χ4n) is 3.23. The molecule has 1 aliphatic rings. The quantitative estimate of drug-likeness (QED) is 0.894. The molecule has 1 aromatic carbocycles. The summed E-state index contributed by atoms with van der Waals surface area (Å²) in [4.78, 5) is 4.94. The minimum atomic E-state index is 0.0290. The summed E-state index contributed by atoms with van der Waals surface area (Å²) in [5.41, 5.74) is 3.70. The molecule has 102 valence electrons. The Morgan fingerprint density at radius 1 is 1.37 bits per heavy atom. The number of imidazole rings is 1. The van der Waals surface area contributed by atoms with Crippen LogP contribution in [0.2, 0.25) is 0 Å². The third kappa shape index (κ3) is 2.06. The molecule has 1 fully saturated rings. The topological polar surface area (TPSA) is 29.9 Å². The number of nitrogens with one attached hydrogen (secondary N) is 1. The van der Waals surface area contributed by atoms with Crippen LogP contribution in [-0.4, -0.2) is 16.1 Å². The van der Waals surface area contributed by atoms with E-state index in [-0.39, 0.29) is 5.54 Å². The first kappa shape index (κ1) is 12.7. The summed E-state index contributed by atoms with van der Waals surface area (Å²) in [6.07, 6.45) is 3.74. The molecule has 2 aromatic rings. The molecule has 3 nitrogen and oxygen atoms in total. The van der Waals surface area contributed by atoms with Gasteiger partial charge in [-0.1, -0.05) is 6.07 Å². The molecule has 0 spiro atoms. The second kappa shape index (κ2) is 4.64. The maximum atomic E-state index is 4.94. The van der Waals surface area contributed by atoms with Crippen molar-refractivity contribution in [1.29, 1.82) is 0 Å². The van der Waals surface area contributed by atoms with Crippen molar-refractivity contribution in [3.05, 3.63) is 29.6 Å². The van der Waals surface area contributed by atoms with Gasteiger partial charge in [0.05, 0.1) is 16.6 Å². The molecule has 0 bridgehead atoms. The average Bonchev–Trinajstić information content (AvgIpc) is 2.78. The summed E-state index contributed by atoms with van der Waals surface area (Å²) in [6.45, 7) is 8.71. The summed E-state index contributed by atoms with van der Waals surface area (Å²) < 4.78 is 2.37. The number of nitrogens with zero attached hydrogens (tertiary/aromatic N) is 2. The van der Waals surface area contributed by atoms with Crippen LogP contribution in [0.4, 0.5) is 0 Å². The second-order valence-electron chi connectivity index (χ2n) is 5.89. The van der Waals surface area contributed by atoms with E-state index < -0.39 is 0 Å². The number of hydrogen-bond acceptors (Lipinski definition) is 2. The number of hydrogen-bond donors (Lipinski definition) is 1. The lowest BCUT2D eigenvalue weighted by atomic mass is 9.90. The zero-order valence-corrected chi connectivity index (χ0v) is 12.2. The Morgan fingerprint density at radius 2 is 2.21 bits per heavy atom. The fourth-order valence-corrected chi connectivity index (χ4v) is 3.23. The van der Waals surface area contributed by atoms with Gasteiger partial charge in [0.1, 0.15) is 5.82 Å². The lowest BCUT2D eigenvalue weighted by molar-refractivity contribution is 0.262. The maximum Gasteiger partial charge on any atom is 0.129 e. The molecular weight excluding hydrogens is 234 g/mol. The molecule has 1 atom stereocenters.